The van der Waals surface area contributed by atoms with Crippen LogP contribution in [0.25, 0.3) is 0 Å². The van der Waals surface area contributed by atoms with Crippen molar-refractivity contribution in [2.45, 2.75) is 30.7 Å². The van der Waals surface area contributed by atoms with Crippen molar-refractivity contribution < 1.29 is 29.9 Å². The minimum Gasteiger partial charge on any atom is -0.482 e. The van der Waals surface area contributed by atoms with Gasteiger partial charge in [-0.3, -0.25) is 0 Å². The van der Waals surface area contributed by atoms with E-state index in [4.69, 9.17) is 14.6 Å². The highest BCUT2D eigenvalue weighted by molar-refractivity contribution is 5.60. The number of benzene rings is 2. The SMILES string of the molecule is OC[C@H]1O[C@@H](O)[C@H](Oc2ccc(Nc3ccccc3)cc2)[C@@H](O)[C@H]1O. The number of hydrogen-bond acceptors (Lipinski definition) is 7. The molecule has 7 heteroatoms. The molecule has 7 nitrogen and oxygen atoms in total. The first-order valence-corrected chi connectivity index (χ1v) is 7.98. The molecule has 0 radical (unpaired) electrons. The van der Waals surface area contributed by atoms with Gasteiger partial charge in [0.15, 0.2) is 12.4 Å². The van der Waals surface area contributed by atoms with Crippen LogP contribution in [0, 0.1) is 0 Å². The van der Waals surface area contributed by atoms with Crippen molar-refractivity contribution in [1.29, 1.82) is 0 Å². The monoisotopic (exact) mass is 347 g/mol. The number of aliphatic hydroxyl groups is 4. The van der Waals surface area contributed by atoms with E-state index in [1.807, 2.05) is 30.3 Å². The van der Waals surface area contributed by atoms with Crippen molar-refractivity contribution in [2.75, 3.05) is 11.9 Å². The van der Waals surface area contributed by atoms with Crippen LogP contribution in [0.4, 0.5) is 11.4 Å². The van der Waals surface area contributed by atoms with Crippen molar-refractivity contribution in [3.63, 3.8) is 0 Å². The van der Waals surface area contributed by atoms with Gasteiger partial charge in [-0.1, -0.05) is 18.2 Å². The third kappa shape index (κ3) is 4.09. The summed E-state index contributed by atoms with van der Waals surface area (Å²) in [7, 11) is 0. The lowest BCUT2D eigenvalue weighted by molar-refractivity contribution is -0.280. The number of ether oxygens (including phenoxy) is 2. The van der Waals surface area contributed by atoms with Crippen LogP contribution in [-0.4, -0.2) is 57.7 Å². The van der Waals surface area contributed by atoms with E-state index in [1.165, 1.54) is 0 Å². The van der Waals surface area contributed by atoms with E-state index in [1.54, 1.807) is 24.3 Å². The minimum atomic E-state index is -1.46. The summed E-state index contributed by atoms with van der Waals surface area (Å²) >= 11 is 0. The smallest absolute Gasteiger partial charge is 0.195 e. The summed E-state index contributed by atoms with van der Waals surface area (Å²) < 4.78 is 10.6. The van der Waals surface area contributed by atoms with E-state index >= 15 is 0 Å². The van der Waals surface area contributed by atoms with Crippen LogP contribution in [0.5, 0.6) is 5.75 Å². The van der Waals surface area contributed by atoms with Gasteiger partial charge in [0.05, 0.1) is 6.61 Å². The molecule has 0 unspecified atom stereocenters. The van der Waals surface area contributed by atoms with Gasteiger partial charge in [0, 0.05) is 11.4 Å². The molecule has 1 aliphatic heterocycles. The Hall–Kier alpha value is -2.16. The molecule has 1 fully saturated rings. The van der Waals surface area contributed by atoms with Gasteiger partial charge in [0.2, 0.25) is 0 Å². The first-order chi connectivity index (χ1) is 12.1. The van der Waals surface area contributed by atoms with Gasteiger partial charge >= 0.3 is 0 Å². The molecule has 0 amide bonds. The maximum Gasteiger partial charge on any atom is 0.195 e. The second kappa shape index (κ2) is 7.81. The Morgan fingerprint density at radius 2 is 1.52 bits per heavy atom. The van der Waals surface area contributed by atoms with E-state index < -0.39 is 37.3 Å². The van der Waals surface area contributed by atoms with Crippen LogP contribution in [0.2, 0.25) is 0 Å². The molecule has 0 bridgehead atoms. The van der Waals surface area contributed by atoms with Crippen LogP contribution >= 0.6 is 0 Å². The zero-order valence-corrected chi connectivity index (χ0v) is 13.4. The van der Waals surface area contributed by atoms with Crippen LogP contribution in [0.3, 0.4) is 0 Å². The van der Waals surface area contributed by atoms with Crippen LogP contribution in [0.1, 0.15) is 0 Å². The maximum atomic E-state index is 10.1. The molecule has 0 saturated carbocycles. The summed E-state index contributed by atoms with van der Waals surface area (Å²) in [6.45, 7) is -0.512. The lowest BCUT2D eigenvalue weighted by Crippen LogP contribution is -2.60. The number of para-hydroxylation sites is 1. The van der Waals surface area contributed by atoms with Gasteiger partial charge in [-0.25, -0.2) is 0 Å². The maximum absolute atomic E-state index is 10.1. The highest BCUT2D eigenvalue weighted by Crippen LogP contribution is 2.26. The first-order valence-electron chi connectivity index (χ1n) is 7.98. The number of anilines is 2. The molecule has 0 spiro atoms. The van der Waals surface area contributed by atoms with Gasteiger partial charge in [0.1, 0.15) is 24.1 Å². The molecular weight excluding hydrogens is 326 g/mol. The fourth-order valence-electron chi connectivity index (χ4n) is 2.66. The molecule has 0 aromatic heterocycles. The predicted molar refractivity (Wildman–Crippen MR) is 90.6 cm³/mol. The Labute approximate surface area is 145 Å². The van der Waals surface area contributed by atoms with Crippen molar-refractivity contribution in [3.05, 3.63) is 54.6 Å². The summed E-state index contributed by atoms with van der Waals surface area (Å²) in [5.41, 5.74) is 1.79. The quantitative estimate of drug-likeness (QED) is 0.539. The van der Waals surface area contributed by atoms with Crippen LogP contribution in [-0.2, 0) is 4.74 Å². The second-order valence-corrected chi connectivity index (χ2v) is 5.83. The van der Waals surface area contributed by atoms with Crippen LogP contribution < -0.4 is 10.1 Å². The highest BCUT2D eigenvalue weighted by atomic mass is 16.7. The van der Waals surface area contributed by atoms with E-state index in [-0.39, 0.29) is 0 Å². The summed E-state index contributed by atoms with van der Waals surface area (Å²) in [6, 6.07) is 16.6. The van der Waals surface area contributed by atoms with Crippen molar-refractivity contribution in [3.8, 4) is 5.75 Å². The van der Waals surface area contributed by atoms with E-state index in [2.05, 4.69) is 5.32 Å². The molecule has 3 rings (SSSR count). The van der Waals surface area contributed by atoms with E-state index in [0.717, 1.165) is 11.4 Å². The fraction of sp³-hybridized carbons (Fsp3) is 0.333. The van der Waals surface area contributed by atoms with Crippen LogP contribution in [0.15, 0.2) is 54.6 Å². The Kier molecular flexibility index (Phi) is 5.52. The number of rotatable bonds is 5. The Morgan fingerprint density at radius 3 is 2.16 bits per heavy atom. The molecule has 2 aromatic rings. The molecule has 5 atom stereocenters. The van der Waals surface area contributed by atoms with E-state index in [0.29, 0.717) is 5.75 Å². The number of hydrogen-bond donors (Lipinski definition) is 5. The summed E-state index contributed by atoms with van der Waals surface area (Å²) in [4.78, 5) is 0. The van der Waals surface area contributed by atoms with Gasteiger partial charge in [0.25, 0.3) is 0 Å². The normalized spacial score (nSPS) is 29.2. The molecular formula is C18H21NO6. The summed E-state index contributed by atoms with van der Waals surface area (Å²) in [5.74, 6) is 0.403. The van der Waals surface area contributed by atoms with Crippen molar-refractivity contribution in [2.24, 2.45) is 0 Å². The standard InChI is InChI=1S/C18H21NO6/c20-10-14-15(21)16(22)17(18(23)25-14)24-13-8-6-12(7-9-13)19-11-4-2-1-3-5-11/h1-9,14-23H,10H2/t14-,15+,16+,17-,18-/m1/s1. The third-order valence-electron chi connectivity index (χ3n) is 4.03. The molecule has 2 aromatic carbocycles. The summed E-state index contributed by atoms with van der Waals surface area (Å²) in [5, 5.41) is 42.2. The molecule has 134 valence electrons. The Balaban J connectivity index is 1.65. The molecule has 25 heavy (non-hydrogen) atoms. The molecule has 0 aliphatic carbocycles. The lowest BCUT2D eigenvalue weighted by atomic mass is 9.99. The molecule has 1 aliphatic rings. The lowest BCUT2D eigenvalue weighted by Gasteiger charge is -2.39. The Morgan fingerprint density at radius 1 is 0.880 bits per heavy atom. The fourth-order valence-corrected chi connectivity index (χ4v) is 2.66. The topological polar surface area (TPSA) is 111 Å². The predicted octanol–water partition coefficient (Wildman–Crippen LogP) is 0.609. The van der Waals surface area contributed by atoms with Gasteiger partial charge in [-0.15, -0.1) is 0 Å². The molecule has 1 heterocycles. The summed E-state index contributed by atoms with van der Waals surface area (Å²) in [6.07, 6.45) is -6.41. The zero-order chi connectivity index (χ0) is 17.8. The number of nitrogens with one attached hydrogen (secondary N) is 1. The van der Waals surface area contributed by atoms with E-state index in [9.17, 15) is 15.3 Å². The average molecular weight is 347 g/mol. The van der Waals surface area contributed by atoms with Crippen molar-refractivity contribution in [1.82, 2.24) is 0 Å². The van der Waals surface area contributed by atoms with Gasteiger partial charge < -0.3 is 35.2 Å². The zero-order valence-electron chi connectivity index (χ0n) is 13.4. The van der Waals surface area contributed by atoms with Gasteiger partial charge in [-0.2, -0.15) is 0 Å². The highest BCUT2D eigenvalue weighted by Gasteiger charge is 2.45. The molecule has 1 saturated heterocycles. The third-order valence-corrected chi connectivity index (χ3v) is 4.03. The largest absolute Gasteiger partial charge is 0.482 e. The Bertz CT molecular complexity index is 665. The van der Waals surface area contributed by atoms with Crippen molar-refractivity contribution >= 4 is 11.4 Å². The molecule has 5 N–H and O–H groups in total. The minimum absolute atomic E-state index is 0.403. The van der Waals surface area contributed by atoms with Gasteiger partial charge in [-0.05, 0) is 36.4 Å². The second-order valence-electron chi connectivity index (χ2n) is 5.83. The number of aliphatic hydroxyl groups excluding tert-OH is 4. The first kappa shape index (κ1) is 17.7. The average Bonchev–Trinajstić information content (AvgIpc) is 2.64.